The van der Waals surface area contributed by atoms with Crippen LogP contribution in [0.5, 0.6) is 0 Å². The predicted molar refractivity (Wildman–Crippen MR) is 26.4 cm³/mol. The van der Waals surface area contributed by atoms with Crippen molar-refractivity contribution in [2.24, 2.45) is 0 Å². The largest absolute Gasteiger partial charge is 0.261 e. The summed E-state index contributed by atoms with van der Waals surface area (Å²) in [6.45, 7) is 0.468. The molecule has 7 heavy (non-hydrogen) atoms. The van der Waals surface area contributed by atoms with Gasteiger partial charge in [0, 0.05) is 11.8 Å². The van der Waals surface area contributed by atoms with E-state index < -0.39 is 5.69 Å². The average Bonchev–Trinajstić information content (AvgIpc) is 1.87. The molecule has 1 unspecified atom stereocenters. The lowest BCUT2D eigenvalue weighted by atomic mass is 11.1. The van der Waals surface area contributed by atoms with Crippen molar-refractivity contribution in [2.45, 2.75) is 5.69 Å². The molecule has 1 atom stereocenters. The van der Waals surface area contributed by atoms with Gasteiger partial charge in [-0.15, -0.1) is 0 Å². The van der Waals surface area contributed by atoms with E-state index in [-0.39, 0.29) is 0 Å². The third kappa shape index (κ3) is 1.44. The Hall–Kier alpha value is 0.460. The fraction of sp³-hybridized carbons (Fsp3) is 1.00. The van der Waals surface area contributed by atoms with Gasteiger partial charge >= 0.3 is 0 Å². The molecule has 0 saturated carbocycles. The van der Waals surface area contributed by atoms with E-state index in [9.17, 15) is 0 Å². The van der Waals surface area contributed by atoms with Crippen molar-refractivity contribution in [3.8, 4) is 0 Å². The Balaban J connectivity index is 2.26. The van der Waals surface area contributed by atoms with Gasteiger partial charge in [-0.2, -0.15) is 0 Å². The summed E-state index contributed by atoms with van der Waals surface area (Å²) in [5, 5.41) is 2.71. The number of hydroxylamine groups is 1. The molecule has 1 saturated heterocycles. The zero-order valence-corrected chi connectivity index (χ0v) is 4.91. The van der Waals surface area contributed by atoms with Crippen molar-refractivity contribution in [3.05, 3.63) is 0 Å². The lowest BCUT2D eigenvalue weighted by Crippen LogP contribution is -2.15. The predicted octanol–water partition coefficient (Wildman–Crippen LogP) is 0.457. The summed E-state index contributed by atoms with van der Waals surface area (Å²) >= 11 is 10.6. The second-order valence-electron chi connectivity index (χ2n) is 1.10. The standard InChI is InChI=1S/C2H4Cl2N2O/c3-2-5-1-6(4)7-2/h2,5H,1H2. The highest BCUT2D eigenvalue weighted by Gasteiger charge is 2.17. The molecule has 0 aromatic heterocycles. The molecule has 0 amide bonds. The molecule has 0 aromatic carbocycles. The summed E-state index contributed by atoms with van der Waals surface area (Å²) < 4.78 is 1.11. The molecule has 1 aliphatic heterocycles. The SMILES string of the molecule is ClC1NCN(Cl)O1. The molecule has 1 aliphatic rings. The van der Waals surface area contributed by atoms with Crippen LogP contribution in [0, 0.1) is 0 Å². The van der Waals surface area contributed by atoms with E-state index in [1.165, 1.54) is 0 Å². The molecule has 42 valence electrons. The minimum atomic E-state index is -0.461. The van der Waals surface area contributed by atoms with Crippen molar-refractivity contribution < 1.29 is 4.84 Å². The van der Waals surface area contributed by atoms with Gasteiger partial charge in [0.2, 0.25) is 5.69 Å². The van der Waals surface area contributed by atoms with Gasteiger partial charge in [0.15, 0.2) is 0 Å². The normalized spacial score (nSPS) is 34.3. The van der Waals surface area contributed by atoms with Crippen molar-refractivity contribution >= 4 is 23.4 Å². The Labute approximate surface area is 51.2 Å². The number of hydrogen-bond acceptors (Lipinski definition) is 3. The van der Waals surface area contributed by atoms with Crippen LogP contribution in [-0.4, -0.2) is 16.9 Å². The van der Waals surface area contributed by atoms with Gasteiger partial charge in [0.05, 0.1) is 6.67 Å². The van der Waals surface area contributed by atoms with Crippen LogP contribution in [0.1, 0.15) is 0 Å². The van der Waals surface area contributed by atoms with E-state index in [0.29, 0.717) is 6.67 Å². The van der Waals surface area contributed by atoms with Crippen LogP contribution >= 0.6 is 23.4 Å². The molecule has 1 rings (SSSR count). The van der Waals surface area contributed by atoms with E-state index in [2.05, 4.69) is 10.2 Å². The second kappa shape index (κ2) is 2.15. The summed E-state index contributed by atoms with van der Waals surface area (Å²) in [7, 11) is 0. The monoisotopic (exact) mass is 142 g/mol. The number of halogens is 2. The number of rotatable bonds is 0. The molecule has 0 bridgehead atoms. The van der Waals surface area contributed by atoms with Crippen LogP contribution in [-0.2, 0) is 4.84 Å². The Bertz CT molecular complexity index is 62.7. The number of alkyl halides is 1. The molecule has 1 N–H and O–H groups in total. The first-order chi connectivity index (χ1) is 3.29. The molecule has 1 fully saturated rings. The molecule has 0 aromatic rings. The van der Waals surface area contributed by atoms with Gasteiger partial charge < -0.3 is 0 Å². The number of nitrogens with one attached hydrogen (secondary N) is 1. The van der Waals surface area contributed by atoms with E-state index >= 15 is 0 Å². The van der Waals surface area contributed by atoms with Gasteiger partial charge in [-0.3, -0.25) is 5.32 Å². The van der Waals surface area contributed by atoms with Crippen LogP contribution in [0.4, 0.5) is 0 Å². The van der Waals surface area contributed by atoms with E-state index in [4.69, 9.17) is 23.4 Å². The fourth-order valence-corrected chi connectivity index (χ4v) is 0.673. The Morgan fingerprint density at radius 3 is 2.71 bits per heavy atom. The lowest BCUT2D eigenvalue weighted by Gasteiger charge is -1.97. The zero-order valence-electron chi connectivity index (χ0n) is 3.40. The molecule has 0 radical (unpaired) electrons. The Kier molecular flexibility index (Phi) is 1.72. The van der Waals surface area contributed by atoms with Crippen molar-refractivity contribution in [2.75, 3.05) is 6.67 Å². The van der Waals surface area contributed by atoms with E-state index in [1.807, 2.05) is 0 Å². The lowest BCUT2D eigenvalue weighted by molar-refractivity contribution is -0.0449. The Morgan fingerprint density at radius 1 is 1.86 bits per heavy atom. The molecular formula is C2H4Cl2N2O. The Morgan fingerprint density at radius 2 is 2.57 bits per heavy atom. The van der Waals surface area contributed by atoms with Crippen molar-refractivity contribution in [1.29, 1.82) is 0 Å². The van der Waals surface area contributed by atoms with Crippen molar-refractivity contribution in [3.63, 3.8) is 0 Å². The second-order valence-corrected chi connectivity index (χ2v) is 1.87. The van der Waals surface area contributed by atoms with E-state index in [0.717, 1.165) is 4.58 Å². The molecule has 0 spiro atoms. The van der Waals surface area contributed by atoms with Gasteiger partial charge in [-0.25, -0.2) is 4.84 Å². The van der Waals surface area contributed by atoms with Crippen molar-refractivity contribution in [1.82, 2.24) is 9.90 Å². The summed E-state index contributed by atoms with van der Waals surface area (Å²) in [5.74, 6) is 0. The van der Waals surface area contributed by atoms with Crippen LogP contribution in [0.15, 0.2) is 0 Å². The van der Waals surface area contributed by atoms with Gasteiger partial charge in [-0.05, 0) is 0 Å². The third-order valence-electron chi connectivity index (χ3n) is 0.583. The van der Waals surface area contributed by atoms with Gasteiger partial charge in [0.1, 0.15) is 0 Å². The quantitative estimate of drug-likeness (QED) is 0.302. The molecule has 3 nitrogen and oxygen atoms in total. The number of nitrogens with zero attached hydrogens (tertiary/aromatic N) is 1. The maximum Gasteiger partial charge on any atom is 0.207 e. The third-order valence-corrected chi connectivity index (χ3v) is 1.02. The van der Waals surface area contributed by atoms with Gasteiger partial charge in [0.25, 0.3) is 0 Å². The zero-order chi connectivity index (χ0) is 5.28. The minimum absolute atomic E-state index is 0.461. The van der Waals surface area contributed by atoms with Crippen LogP contribution in [0.25, 0.3) is 0 Å². The number of hydrogen-bond donors (Lipinski definition) is 1. The van der Waals surface area contributed by atoms with Crippen LogP contribution < -0.4 is 5.32 Å². The average molecular weight is 143 g/mol. The molecule has 5 heteroatoms. The molecule has 1 heterocycles. The molecular weight excluding hydrogens is 139 g/mol. The first-order valence-electron chi connectivity index (χ1n) is 1.76. The minimum Gasteiger partial charge on any atom is -0.261 e. The van der Waals surface area contributed by atoms with Crippen LogP contribution in [0.2, 0.25) is 0 Å². The summed E-state index contributed by atoms with van der Waals surface area (Å²) in [6, 6.07) is 0. The van der Waals surface area contributed by atoms with E-state index in [1.54, 1.807) is 0 Å². The summed E-state index contributed by atoms with van der Waals surface area (Å²) in [4.78, 5) is 4.61. The highest BCUT2D eigenvalue weighted by Crippen LogP contribution is 2.07. The topological polar surface area (TPSA) is 24.5 Å². The maximum atomic E-state index is 5.35. The molecule has 0 aliphatic carbocycles. The maximum absolute atomic E-state index is 5.35. The summed E-state index contributed by atoms with van der Waals surface area (Å²) in [5.41, 5.74) is -0.461. The van der Waals surface area contributed by atoms with Crippen LogP contribution in [0.3, 0.4) is 0 Å². The highest BCUT2D eigenvalue weighted by atomic mass is 35.5. The first kappa shape index (κ1) is 5.59. The van der Waals surface area contributed by atoms with Gasteiger partial charge in [-0.1, -0.05) is 16.2 Å². The summed E-state index contributed by atoms with van der Waals surface area (Å²) in [6.07, 6.45) is 0. The highest BCUT2D eigenvalue weighted by molar-refractivity contribution is 6.20. The fourth-order valence-electron chi connectivity index (χ4n) is 0.318. The smallest absolute Gasteiger partial charge is 0.207 e. The first-order valence-corrected chi connectivity index (χ1v) is 2.54.